The Bertz CT molecular complexity index is 1290. The van der Waals surface area contributed by atoms with Crippen molar-refractivity contribution in [2.24, 2.45) is 0 Å². The molecule has 136 valence electrons. The lowest BCUT2D eigenvalue weighted by Gasteiger charge is -2.05. The summed E-state index contributed by atoms with van der Waals surface area (Å²) in [4.78, 5) is 4.35. The summed E-state index contributed by atoms with van der Waals surface area (Å²) in [6.45, 7) is 1.73. The van der Waals surface area contributed by atoms with Crippen molar-refractivity contribution in [3.05, 3.63) is 84.6 Å². The normalized spacial score (nSPS) is 11.2. The van der Waals surface area contributed by atoms with Crippen molar-refractivity contribution >= 4 is 5.65 Å². The Labute approximate surface area is 160 Å². The zero-order valence-corrected chi connectivity index (χ0v) is 15.0. The molecule has 3 heterocycles. The quantitative estimate of drug-likeness (QED) is 0.440. The van der Waals surface area contributed by atoms with E-state index in [1.807, 2.05) is 53.1 Å². The molecular formula is C22H15FN4O. The van der Waals surface area contributed by atoms with Gasteiger partial charge in [-0.15, -0.1) is 10.2 Å². The molecule has 0 saturated carbocycles. The van der Waals surface area contributed by atoms with Crippen LogP contribution in [0, 0.1) is 12.7 Å². The summed E-state index contributed by atoms with van der Waals surface area (Å²) in [6.07, 6.45) is 3.33. The Balaban J connectivity index is 1.65. The molecule has 0 atom stereocenters. The largest absolute Gasteiger partial charge is 0.443 e. The number of aryl methyl sites for hydroxylation is 1. The first kappa shape index (κ1) is 16.4. The van der Waals surface area contributed by atoms with Gasteiger partial charge in [0.15, 0.2) is 23.6 Å². The molecule has 0 aliphatic heterocycles. The lowest BCUT2D eigenvalue weighted by Crippen LogP contribution is -1.92. The van der Waals surface area contributed by atoms with Crippen LogP contribution in [0.15, 0.2) is 77.7 Å². The molecule has 0 N–H and O–H groups in total. The summed E-state index contributed by atoms with van der Waals surface area (Å²) in [7, 11) is 0. The highest BCUT2D eigenvalue weighted by molar-refractivity contribution is 5.77. The Morgan fingerprint density at radius 3 is 2.54 bits per heavy atom. The predicted molar refractivity (Wildman–Crippen MR) is 104 cm³/mol. The van der Waals surface area contributed by atoms with E-state index in [0.29, 0.717) is 17.0 Å². The van der Waals surface area contributed by atoms with Crippen molar-refractivity contribution in [3.63, 3.8) is 0 Å². The molecule has 28 heavy (non-hydrogen) atoms. The zero-order valence-electron chi connectivity index (χ0n) is 15.0. The van der Waals surface area contributed by atoms with Gasteiger partial charge >= 0.3 is 0 Å². The second-order valence-corrected chi connectivity index (χ2v) is 6.53. The average Bonchev–Trinajstić information content (AvgIpc) is 3.37. The Morgan fingerprint density at radius 2 is 1.71 bits per heavy atom. The van der Waals surface area contributed by atoms with E-state index in [4.69, 9.17) is 4.42 Å². The van der Waals surface area contributed by atoms with Crippen molar-refractivity contribution in [2.75, 3.05) is 0 Å². The maximum absolute atomic E-state index is 13.6. The second kappa shape index (κ2) is 6.42. The number of hydrogen-bond acceptors (Lipinski definition) is 4. The molecule has 6 heteroatoms. The van der Waals surface area contributed by atoms with E-state index in [-0.39, 0.29) is 5.82 Å². The molecular weight excluding hydrogens is 355 g/mol. The molecule has 0 saturated heterocycles. The van der Waals surface area contributed by atoms with Crippen LogP contribution in [0.4, 0.5) is 4.39 Å². The number of pyridine rings is 1. The number of hydrogen-bond donors (Lipinski definition) is 0. The van der Waals surface area contributed by atoms with Crippen molar-refractivity contribution in [3.8, 4) is 34.0 Å². The highest BCUT2D eigenvalue weighted by atomic mass is 19.1. The Kier molecular flexibility index (Phi) is 3.76. The first-order valence-corrected chi connectivity index (χ1v) is 8.81. The van der Waals surface area contributed by atoms with E-state index < -0.39 is 0 Å². The van der Waals surface area contributed by atoms with Gasteiger partial charge in [-0.1, -0.05) is 30.3 Å². The highest BCUT2D eigenvalue weighted by Crippen LogP contribution is 2.32. The lowest BCUT2D eigenvalue weighted by molar-refractivity contribution is 0.572. The summed E-state index contributed by atoms with van der Waals surface area (Å²) in [5.74, 6) is 1.11. The molecule has 2 aromatic carbocycles. The van der Waals surface area contributed by atoms with Gasteiger partial charge < -0.3 is 4.42 Å². The van der Waals surface area contributed by atoms with Crippen LogP contribution in [0.1, 0.15) is 5.56 Å². The van der Waals surface area contributed by atoms with Gasteiger partial charge in [-0.05, 0) is 42.8 Å². The summed E-state index contributed by atoms with van der Waals surface area (Å²) in [5.41, 5.74) is 4.57. The average molecular weight is 370 g/mol. The van der Waals surface area contributed by atoms with E-state index >= 15 is 0 Å². The SMILES string of the molecule is Cc1cc(-c2ncoc2-c2ccc3nnc(-c4ccccc4)n3c2)ccc1F. The van der Waals surface area contributed by atoms with E-state index in [1.165, 1.54) is 12.5 Å². The van der Waals surface area contributed by atoms with Crippen LogP contribution in [0.2, 0.25) is 0 Å². The first-order chi connectivity index (χ1) is 13.7. The van der Waals surface area contributed by atoms with Crippen LogP contribution in [-0.4, -0.2) is 19.6 Å². The number of aromatic nitrogens is 4. The van der Waals surface area contributed by atoms with Gasteiger partial charge in [0.2, 0.25) is 0 Å². The molecule has 5 aromatic rings. The van der Waals surface area contributed by atoms with Crippen molar-refractivity contribution in [1.82, 2.24) is 19.6 Å². The fourth-order valence-electron chi connectivity index (χ4n) is 3.26. The summed E-state index contributed by atoms with van der Waals surface area (Å²) < 4.78 is 21.3. The Hall–Kier alpha value is -3.80. The molecule has 0 fully saturated rings. The third-order valence-corrected chi connectivity index (χ3v) is 4.70. The van der Waals surface area contributed by atoms with Gasteiger partial charge in [-0.25, -0.2) is 9.37 Å². The molecule has 0 spiro atoms. The van der Waals surface area contributed by atoms with Gasteiger partial charge in [0, 0.05) is 22.9 Å². The molecule has 5 rings (SSSR count). The third kappa shape index (κ3) is 2.66. The maximum Gasteiger partial charge on any atom is 0.182 e. The lowest BCUT2D eigenvalue weighted by atomic mass is 10.0. The minimum absolute atomic E-state index is 0.243. The molecule has 0 aliphatic carbocycles. The minimum Gasteiger partial charge on any atom is -0.443 e. The van der Waals surface area contributed by atoms with Crippen LogP contribution in [-0.2, 0) is 0 Å². The highest BCUT2D eigenvalue weighted by Gasteiger charge is 2.16. The van der Waals surface area contributed by atoms with E-state index in [1.54, 1.807) is 19.1 Å². The smallest absolute Gasteiger partial charge is 0.182 e. The third-order valence-electron chi connectivity index (χ3n) is 4.70. The molecule has 0 bridgehead atoms. The monoisotopic (exact) mass is 370 g/mol. The number of fused-ring (bicyclic) bond motifs is 1. The van der Waals surface area contributed by atoms with E-state index in [9.17, 15) is 4.39 Å². The van der Waals surface area contributed by atoms with Crippen LogP contribution in [0.3, 0.4) is 0 Å². The number of nitrogens with zero attached hydrogens (tertiary/aromatic N) is 4. The van der Waals surface area contributed by atoms with Crippen molar-refractivity contribution < 1.29 is 8.81 Å². The van der Waals surface area contributed by atoms with Gasteiger partial charge in [0.05, 0.1) is 0 Å². The molecule has 0 radical (unpaired) electrons. The standard InChI is InChI=1S/C22H15FN4O/c1-14-11-16(7-9-18(14)23)20-21(28-13-24-20)17-8-10-19-25-26-22(27(19)12-17)15-5-3-2-4-6-15/h2-13H,1H3. The number of halogens is 1. The number of benzene rings is 2. The first-order valence-electron chi connectivity index (χ1n) is 8.81. The Morgan fingerprint density at radius 1 is 0.893 bits per heavy atom. The molecule has 0 unspecified atom stereocenters. The van der Waals surface area contributed by atoms with Crippen molar-refractivity contribution in [2.45, 2.75) is 6.92 Å². The fourth-order valence-corrected chi connectivity index (χ4v) is 3.26. The van der Waals surface area contributed by atoms with Gasteiger partial charge in [-0.2, -0.15) is 0 Å². The van der Waals surface area contributed by atoms with Gasteiger partial charge in [0.1, 0.15) is 11.5 Å². The van der Waals surface area contributed by atoms with Gasteiger partial charge in [-0.3, -0.25) is 4.40 Å². The minimum atomic E-state index is -0.243. The predicted octanol–water partition coefficient (Wildman–Crippen LogP) is 5.17. The summed E-state index contributed by atoms with van der Waals surface area (Å²) >= 11 is 0. The fraction of sp³-hybridized carbons (Fsp3) is 0.0455. The van der Waals surface area contributed by atoms with Crippen LogP contribution < -0.4 is 0 Å². The van der Waals surface area contributed by atoms with Crippen LogP contribution in [0.5, 0.6) is 0 Å². The van der Waals surface area contributed by atoms with Crippen LogP contribution >= 0.6 is 0 Å². The zero-order chi connectivity index (χ0) is 19.1. The van der Waals surface area contributed by atoms with E-state index in [0.717, 1.165) is 28.2 Å². The summed E-state index contributed by atoms with van der Waals surface area (Å²) in [5, 5.41) is 8.56. The topological polar surface area (TPSA) is 56.2 Å². The molecule has 0 amide bonds. The summed E-state index contributed by atoms with van der Waals surface area (Å²) in [6, 6.07) is 18.6. The van der Waals surface area contributed by atoms with Gasteiger partial charge in [0.25, 0.3) is 0 Å². The van der Waals surface area contributed by atoms with Crippen molar-refractivity contribution in [1.29, 1.82) is 0 Å². The van der Waals surface area contributed by atoms with Crippen LogP contribution in [0.25, 0.3) is 39.6 Å². The van der Waals surface area contributed by atoms with E-state index in [2.05, 4.69) is 15.2 Å². The number of rotatable bonds is 3. The maximum atomic E-state index is 13.6. The molecule has 0 aliphatic rings. The molecule has 5 nitrogen and oxygen atoms in total. The second-order valence-electron chi connectivity index (χ2n) is 6.53. The number of oxazole rings is 1. The molecule has 3 aromatic heterocycles.